The van der Waals surface area contributed by atoms with Gasteiger partial charge in [-0.05, 0) is 30.3 Å². The van der Waals surface area contributed by atoms with Crippen LogP contribution >= 0.6 is 23.2 Å². The quantitative estimate of drug-likeness (QED) is 0.518. The summed E-state index contributed by atoms with van der Waals surface area (Å²) in [6, 6.07) is 10.0. The number of nitrogens with zero attached hydrogens (tertiary/aromatic N) is 1. The van der Waals surface area contributed by atoms with Crippen LogP contribution in [0.3, 0.4) is 0 Å². The number of para-hydroxylation sites is 1. The number of nitrogen functional groups attached to an aromatic ring is 1. The Morgan fingerprint density at radius 3 is 2.32 bits per heavy atom. The van der Waals surface area contributed by atoms with Crippen LogP contribution in [0.2, 0.25) is 10.0 Å². The van der Waals surface area contributed by atoms with E-state index in [9.17, 15) is 18.0 Å². The first-order valence-corrected chi connectivity index (χ1v) is 8.52. The molecular formula is C19H11Cl2F3N2O2. The molecule has 0 aliphatic carbocycles. The predicted molar refractivity (Wildman–Crippen MR) is 100 cm³/mol. The van der Waals surface area contributed by atoms with Gasteiger partial charge in [0.1, 0.15) is 5.69 Å². The summed E-state index contributed by atoms with van der Waals surface area (Å²) in [5.41, 5.74) is 4.65. The van der Waals surface area contributed by atoms with Gasteiger partial charge in [-0.15, -0.1) is 0 Å². The van der Waals surface area contributed by atoms with Gasteiger partial charge in [0.15, 0.2) is 11.5 Å². The van der Waals surface area contributed by atoms with Gasteiger partial charge in [0, 0.05) is 11.8 Å². The highest BCUT2D eigenvalue weighted by Crippen LogP contribution is 2.38. The van der Waals surface area contributed by atoms with Crippen molar-refractivity contribution in [3.8, 4) is 11.6 Å². The van der Waals surface area contributed by atoms with Gasteiger partial charge in [0.25, 0.3) is 0 Å². The Labute approximate surface area is 167 Å². The third-order valence-corrected chi connectivity index (χ3v) is 4.36. The maximum absolute atomic E-state index is 12.9. The molecule has 1 aromatic heterocycles. The summed E-state index contributed by atoms with van der Waals surface area (Å²) < 4.78 is 44.3. The van der Waals surface area contributed by atoms with Crippen molar-refractivity contribution in [1.82, 2.24) is 4.98 Å². The molecule has 2 aromatic carbocycles. The number of nitrogens with two attached hydrogens (primary N) is 1. The fourth-order valence-corrected chi connectivity index (χ4v) is 2.88. The molecule has 0 amide bonds. The Bertz CT molecular complexity index is 1040. The second-order valence-corrected chi connectivity index (χ2v) is 6.45. The molecule has 0 spiro atoms. The second-order valence-electron chi connectivity index (χ2n) is 5.64. The zero-order valence-corrected chi connectivity index (χ0v) is 15.4. The van der Waals surface area contributed by atoms with E-state index in [4.69, 9.17) is 33.7 Å². The van der Waals surface area contributed by atoms with Crippen LogP contribution in [0.4, 0.5) is 18.9 Å². The van der Waals surface area contributed by atoms with E-state index in [2.05, 4.69) is 4.98 Å². The summed E-state index contributed by atoms with van der Waals surface area (Å²) in [6.45, 7) is 0. The Kier molecular flexibility index (Phi) is 5.49. The van der Waals surface area contributed by atoms with Crippen molar-refractivity contribution in [2.24, 2.45) is 0 Å². The van der Waals surface area contributed by atoms with E-state index in [1.165, 1.54) is 30.5 Å². The summed E-state index contributed by atoms with van der Waals surface area (Å²) in [7, 11) is 0. The Morgan fingerprint density at radius 1 is 1.04 bits per heavy atom. The smallest absolute Gasteiger partial charge is 0.416 e. The fraction of sp³-hybridized carbons (Fsp3) is 0.0526. The minimum Gasteiger partial charge on any atom is -0.434 e. The van der Waals surface area contributed by atoms with Crippen LogP contribution in [0.5, 0.6) is 11.6 Å². The van der Waals surface area contributed by atoms with Gasteiger partial charge >= 0.3 is 6.18 Å². The molecule has 4 nitrogen and oxygen atoms in total. The van der Waals surface area contributed by atoms with E-state index >= 15 is 0 Å². The SMILES string of the molecule is Nc1c(C(=O)c2cccc(C(F)(F)F)c2)ccnc1Oc1c(Cl)cccc1Cl. The van der Waals surface area contributed by atoms with Crippen LogP contribution in [-0.4, -0.2) is 10.8 Å². The van der Waals surface area contributed by atoms with Gasteiger partial charge in [0.05, 0.1) is 21.2 Å². The van der Waals surface area contributed by atoms with Gasteiger partial charge in [0.2, 0.25) is 5.88 Å². The van der Waals surface area contributed by atoms with E-state index in [0.29, 0.717) is 0 Å². The number of hydrogen-bond donors (Lipinski definition) is 1. The van der Waals surface area contributed by atoms with Crippen molar-refractivity contribution in [2.75, 3.05) is 5.73 Å². The third kappa shape index (κ3) is 4.05. The standard InChI is InChI=1S/C19H11Cl2F3N2O2/c20-13-5-2-6-14(21)17(13)28-18-15(25)12(7-8-26-18)16(27)10-3-1-4-11(9-10)19(22,23)24/h1-9H,25H2. The molecule has 0 bridgehead atoms. The van der Waals surface area contributed by atoms with E-state index in [-0.39, 0.29) is 38.5 Å². The highest BCUT2D eigenvalue weighted by Gasteiger charge is 2.31. The molecule has 3 aromatic rings. The van der Waals surface area contributed by atoms with Crippen LogP contribution in [0.1, 0.15) is 21.5 Å². The minimum atomic E-state index is -4.57. The predicted octanol–water partition coefficient (Wildman–Crippen LogP) is 6.01. The Hall–Kier alpha value is -2.77. The molecule has 0 aliphatic heterocycles. The topological polar surface area (TPSA) is 65.2 Å². The minimum absolute atomic E-state index is 0.0625. The number of benzene rings is 2. The maximum Gasteiger partial charge on any atom is 0.416 e. The molecule has 0 atom stereocenters. The molecule has 9 heteroatoms. The van der Waals surface area contributed by atoms with Gasteiger partial charge in [-0.25, -0.2) is 4.98 Å². The zero-order chi connectivity index (χ0) is 20.5. The molecule has 144 valence electrons. The highest BCUT2D eigenvalue weighted by molar-refractivity contribution is 6.37. The van der Waals surface area contributed by atoms with Gasteiger partial charge < -0.3 is 10.5 Å². The number of carbonyl (C=O) groups is 1. The number of anilines is 1. The lowest BCUT2D eigenvalue weighted by Crippen LogP contribution is -2.10. The number of hydrogen-bond acceptors (Lipinski definition) is 4. The number of pyridine rings is 1. The molecular weight excluding hydrogens is 416 g/mol. The molecule has 0 saturated heterocycles. The van der Waals surface area contributed by atoms with Crippen molar-refractivity contribution in [1.29, 1.82) is 0 Å². The molecule has 3 rings (SSSR count). The lowest BCUT2D eigenvalue weighted by atomic mass is 10.0. The summed E-state index contributed by atoms with van der Waals surface area (Å²) in [4.78, 5) is 16.7. The summed E-state index contributed by atoms with van der Waals surface area (Å²) in [5.74, 6) is -0.761. The number of rotatable bonds is 4. The lowest BCUT2D eigenvalue weighted by molar-refractivity contribution is -0.137. The Balaban J connectivity index is 1.98. The van der Waals surface area contributed by atoms with Crippen molar-refractivity contribution in [2.45, 2.75) is 6.18 Å². The van der Waals surface area contributed by atoms with Gasteiger partial charge in [-0.1, -0.05) is 41.4 Å². The van der Waals surface area contributed by atoms with E-state index < -0.39 is 17.5 Å². The fourth-order valence-electron chi connectivity index (χ4n) is 2.40. The maximum atomic E-state index is 12.9. The molecule has 0 fully saturated rings. The first-order valence-electron chi connectivity index (χ1n) is 7.77. The third-order valence-electron chi connectivity index (χ3n) is 3.77. The lowest BCUT2D eigenvalue weighted by Gasteiger charge is -2.13. The summed E-state index contributed by atoms with van der Waals surface area (Å²) in [6.07, 6.45) is -3.33. The summed E-state index contributed by atoms with van der Waals surface area (Å²) >= 11 is 12.1. The largest absolute Gasteiger partial charge is 0.434 e. The molecule has 0 radical (unpaired) electrons. The van der Waals surface area contributed by atoms with Crippen molar-refractivity contribution < 1.29 is 22.7 Å². The zero-order valence-electron chi connectivity index (χ0n) is 13.9. The van der Waals surface area contributed by atoms with Crippen molar-refractivity contribution in [3.63, 3.8) is 0 Å². The van der Waals surface area contributed by atoms with E-state index in [1.807, 2.05) is 0 Å². The second kappa shape index (κ2) is 7.69. The number of aromatic nitrogens is 1. The van der Waals surface area contributed by atoms with Crippen molar-refractivity contribution >= 4 is 34.7 Å². The van der Waals surface area contributed by atoms with Crippen LogP contribution in [0.25, 0.3) is 0 Å². The molecule has 0 aliphatic rings. The van der Waals surface area contributed by atoms with Gasteiger partial charge in [-0.2, -0.15) is 13.2 Å². The highest BCUT2D eigenvalue weighted by atomic mass is 35.5. The van der Waals surface area contributed by atoms with E-state index in [1.54, 1.807) is 6.07 Å². The summed E-state index contributed by atoms with van der Waals surface area (Å²) in [5, 5.41) is 0.395. The van der Waals surface area contributed by atoms with Crippen LogP contribution in [0, 0.1) is 0 Å². The van der Waals surface area contributed by atoms with Crippen LogP contribution in [-0.2, 0) is 6.18 Å². The number of ketones is 1. The number of halogens is 5. The molecule has 0 saturated carbocycles. The monoisotopic (exact) mass is 426 g/mol. The number of alkyl halides is 3. The molecule has 0 unspecified atom stereocenters. The number of ether oxygens (including phenoxy) is 1. The molecule has 28 heavy (non-hydrogen) atoms. The average molecular weight is 427 g/mol. The first-order chi connectivity index (χ1) is 13.2. The molecule has 2 N–H and O–H groups in total. The Morgan fingerprint density at radius 2 is 1.68 bits per heavy atom. The van der Waals surface area contributed by atoms with Crippen LogP contribution in [0.15, 0.2) is 54.7 Å². The number of carbonyl (C=O) groups excluding carboxylic acids is 1. The van der Waals surface area contributed by atoms with E-state index in [0.717, 1.165) is 18.2 Å². The average Bonchev–Trinajstić information content (AvgIpc) is 2.65. The normalized spacial score (nSPS) is 11.3. The molecule has 1 heterocycles. The first kappa shape index (κ1) is 20.0. The van der Waals surface area contributed by atoms with Gasteiger partial charge in [-0.3, -0.25) is 4.79 Å². The van der Waals surface area contributed by atoms with Crippen LogP contribution < -0.4 is 10.5 Å². The van der Waals surface area contributed by atoms with Crippen molar-refractivity contribution in [3.05, 3.63) is 81.5 Å².